The summed E-state index contributed by atoms with van der Waals surface area (Å²) in [6.45, 7) is 0. The summed E-state index contributed by atoms with van der Waals surface area (Å²) in [6, 6.07) is 0. The average molecular weight is 194 g/mol. The molecule has 0 aromatic rings. The van der Waals surface area contributed by atoms with E-state index in [2.05, 4.69) is 26.2 Å². The maximum atomic E-state index is 10.1. The number of hydroxylamine groups is 1. The van der Waals surface area contributed by atoms with Gasteiger partial charge in [-0.05, 0) is 22.0 Å². The van der Waals surface area contributed by atoms with Gasteiger partial charge in [0.1, 0.15) is 4.61 Å². The Morgan fingerprint density at radius 2 is 2.67 bits per heavy atom. The Morgan fingerprint density at radius 3 is 2.89 bits per heavy atom. The van der Waals surface area contributed by atoms with Crippen LogP contribution in [0.15, 0.2) is 10.7 Å². The summed E-state index contributed by atoms with van der Waals surface area (Å²) in [5.41, 5.74) is 2.35. The van der Waals surface area contributed by atoms with Crippen LogP contribution >= 0.6 is 15.9 Å². The lowest BCUT2D eigenvalue weighted by atomic mass is 10.4. The monoisotopic (exact) mass is 193 g/mol. The van der Waals surface area contributed by atoms with Crippen molar-refractivity contribution in [3.05, 3.63) is 10.7 Å². The smallest absolute Gasteiger partial charge is 0.339 e. The molecule has 1 unspecified atom stereocenters. The highest BCUT2D eigenvalue weighted by atomic mass is 79.9. The Hall–Kier alpha value is -0.550. The molecule has 0 aromatic carbocycles. The Labute approximate surface area is 59.6 Å². The van der Waals surface area contributed by atoms with Crippen LogP contribution in [0.3, 0.4) is 0 Å². The van der Waals surface area contributed by atoms with E-state index in [1.54, 1.807) is 0 Å². The largest absolute Gasteiger partial charge is 0.479 e. The summed E-state index contributed by atoms with van der Waals surface area (Å²) in [6.07, 6.45) is 0.557. The zero-order valence-electron chi connectivity index (χ0n) is 4.30. The van der Waals surface area contributed by atoms with Crippen LogP contribution in [-0.2, 0) is 9.63 Å². The van der Waals surface area contributed by atoms with Crippen LogP contribution in [0.1, 0.15) is 0 Å². The van der Waals surface area contributed by atoms with E-state index in [4.69, 9.17) is 5.11 Å². The van der Waals surface area contributed by atoms with Gasteiger partial charge in [-0.15, -0.1) is 0 Å². The summed E-state index contributed by atoms with van der Waals surface area (Å²) in [5.74, 6) is -1.00. The van der Waals surface area contributed by atoms with E-state index in [0.717, 1.165) is 0 Å². The molecule has 0 amide bonds. The number of rotatable bonds is 1. The maximum Gasteiger partial charge on any atom is 0.339 e. The molecule has 1 rings (SSSR count). The fraction of sp³-hybridized carbons (Fsp3) is 0.250. The molecule has 4 nitrogen and oxygen atoms in total. The second-order valence-corrected chi connectivity index (χ2v) is 2.35. The van der Waals surface area contributed by atoms with Gasteiger partial charge in [-0.25, -0.2) is 4.79 Å². The Bertz CT molecular complexity index is 167. The molecule has 0 spiro atoms. The molecule has 1 aliphatic heterocycles. The predicted molar refractivity (Wildman–Crippen MR) is 32.7 cm³/mol. The van der Waals surface area contributed by atoms with Gasteiger partial charge in [0.15, 0.2) is 0 Å². The number of nitrogens with one attached hydrogen (secondary N) is 1. The zero-order chi connectivity index (χ0) is 6.85. The van der Waals surface area contributed by atoms with Crippen molar-refractivity contribution < 1.29 is 14.7 Å². The first-order valence-electron chi connectivity index (χ1n) is 2.22. The number of aliphatic carboxylic acids is 1. The van der Waals surface area contributed by atoms with Crippen molar-refractivity contribution in [1.29, 1.82) is 0 Å². The van der Waals surface area contributed by atoms with Crippen molar-refractivity contribution >= 4 is 21.9 Å². The van der Waals surface area contributed by atoms with E-state index in [9.17, 15) is 4.79 Å². The summed E-state index contributed by atoms with van der Waals surface area (Å²) in [7, 11) is 0. The van der Waals surface area contributed by atoms with Gasteiger partial charge in [-0.2, -0.15) is 0 Å². The summed E-state index contributed by atoms with van der Waals surface area (Å²) in [4.78, 5) is 14.7. The molecule has 0 aromatic heterocycles. The summed E-state index contributed by atoms with van der Waals surface area (Å²) < 4.78 is 0.551. The highest BCUT2D eigenvalue weighted by molar-refractivity contribution is 9.11. The van der Waals surface area contributed by atoms with Gasteiger partial charge in [0.25, 0.3) is 0 Å². The van der Waals surface area contributed by atoms with Crippen LogP contribution in [0.4, 0.5) is 0 Å². The first-order valence-corrected chi connectivity index (χ1v) is 3.01. The molecule has 9 heavy (non-hydrogen) atoms. The predicted octanol–water partition coefficient (Wildman–Crippen LogP) is 0.211. The number of hydrogen-bond acceptors (Lipinski definition) is 3. The zero-order valence-corrected chi connectivity index (χ0v) is 5.88. The van der Waals surface area contributed by atoms with Crippen LogP contribution < -0.4 is 5.48 Å². The minimum atomic E-state index is -1.00. The van der Waals surface area contributed by atoms with Crippen LogP contribution in [0.25, 0.3) is 0 Å². The van der Waals surface area contributed by atoms with Crippen molar-refractivity contribution in [3.63, 3.8) is 0 Å². The molecule has 1 atom stereocenters. The molecule has 50 valence electrons. The quantitative estimate of drug-likeness (QED) is 0.585. The third-order valence-electron chi connectivity index (χ3n) is 0.824. The van der Waals surface area contributed by atoms with E-state index < -0.39 is 12.1 Å². The highest BCUT2D eigenvalue weighted by Crippen LogP contribution is 2.11. The molecule has 0 bridgehead atoms. The SMILES string of the molecule is O=C(O)C1C=C(Br)NO1. The normalized spacial score (nSPS) is 25.0. The van der Waals surface area contributed by atoms with E-state index in [1.807, 2.05) is 0 Å². The van der Waals surface area contributed by atoms with Crippen LogP contribution in [-0.4, -0.2) is 17.2 Å². The van der Waals surface area contributed by atoms with Crippen molar-refractivity contribution in [2.45, 2.75) is 6.10 Å². The fourth-order valence-electron chi connectivity index (χ4n) is 0.442. The second-order valence-electron chi connectivity index (χ2n) is 1.49. The number of carboxylic acid groups (broad SMARTS) is 1. The van der Waals surface area contributed by atoms with Gasteiger partial charge < -0.3 is 5.11 Å². The fourth-order valence-corrected chi connectivity index (χ4v) is 0.776. The van der Waals surface area contributed by atoms with Gasteiger partial charge >= 0.3 is 5.97 Å². The summed E-state index contributed by atoms with van der Waals surface area (Å²) in [5, 5.41) is 8.30. The molecule has 5 heteroatoms. The lowest BCUT2D eigenvalue weighted by Crippen LogP contribution is -2.20. The van der Waals surface area contributed by atoms with E-state index in [-0.39, 0.29) is 0 Å². The van der Waals surface area contributed by atoms with Crippen LogP contribution in [0, 0.1) is 0 Å². The minimum Gasteiger partial charge on any atom is -0.479 e. The average Bonchev–Trinajstić information content (AvgIpc) is 2.14. The van der Waals surface area contributed by atoms with Gasteiger partial charge in [0, 0.05) is 0 Å². The number of hydrogen-bond donors (Lipinski definition) is 2. The number of carboxylic acids is 1. The standard InChI is InChI=1S/C4H4BrNO3/c5-3-1-2(4(7)8)9-6-3/h1-2,6H,(H,7,8). The van der Waals surface area contributed by atoms with E-state index >= 15 is 0 Å². The second kappa shape index (κ2) is 2.36. The van der Waals surface area contributed by atoms with E-state index in [1.165, 1.54) is 6.08 Å². The van der Waals surface area contributed by atoms with Crippen molar-refractivity contribution in [3.8, 4) is 0 Å². The molecular weight excluding hydrogens is 190 g/mol. The highest BCUT2D eigenvalue weighted by Gasteiger charge is 2.21. The molecule has 0 aliphatic carbocycles. The third kappa shape index (κ3) is 1.43. The lowest BCUT2D eigenvalue weighted by molar-refractivity contribution is -0.148. The van der Waals surface area contributed by atoms with Gasteiger partial charge in [-0.1, -0.05) is 0 Å². The van der Waals surface area contributed by atoms with Gasteiger partial charge in [-0.3, -0.25) is 10.3 Å². The Balaban J connectivity index is 2.57. The molecule has 2 N–H and O–H groups in total. The van der Waals surface area contributed by atoms with Gasteiger partial charge in [0.2, 0.25) is 6.10 Å². The molecule has 0 radical (unpaired) electrons. The van der Waals surface area contributed by atoms with Gasteiger partial charge in [0.05, 0.1) is 0 Å². The Kier molecular flexibility index (Phi) is 1.73. The van der Waals surface area contributed by atoms with Crippen LogP contribution in [0.5, 0.6) is 0 Å². The maximum absolute atomic E-state index is 10.1. The number of carbonyl (C=O) groups is 1. The lowest BCUT2D eigenvalue weighted by Gasteiger charge is -1.97. The molecule has 1 heterocycles. The first-order chi connectivity index (χ1) is 4.20. The molecular formula is C4H4BrNO3. The van der Waals surface area contributed by atoms with Crippen molar-refractivity contribution in [2.75, 3.05) is 0 Å². The molecule has 0 saturated carbocycles. The van der Waals surface area contributed by atoms with E-state index in [0.29, 0.717) is 4.61 Å². The first kappa shape index (κ1) is 6.57. The third-order valence-corrected chi connectivity index (χ3v) is 1.25. The molecule has 0 fully saturated rings. The molecule has 1 aliphatic rings. The topological polar surface area (TPSA) is 58.6 Å². The van der Waals surface area contributed by atoms with Crippen LogP contribution in [0.2, 0.25) is 0 Å². The Morgan fingerprint density at radius 1 is 2.00 bits per heavy atom. The molecule has 0 saturated heterocycles. The summed E-state index contributed by atoms with van der Waals surface area (Å²) >= 11 is 3.01. The minimum absolute atomic E-state index is 0.551. The van der Waals surface area contributed by atoms with Crippen molar-refractivity contribution in [2.24, 2.45) is 0 Å². The number of halogens is 1. The van der Waals surface area contributed by atoms with Crippen molar-refractivity contribution in [1.82, 2.24) is 5.48 Å².